The van der Waals surface area contributed by atoms with Gasteiger partial charge in [-0.1, -0.05) is 27.2 Å². The molecule has 0 bridgehead atoms. The van der Waals surface area contributed by atoms with Crippen molar-refractivity contribution >= 4 is 6.41 Å². The molecule has 0 aromatic carbocycles. The van der Waals surface area contributed by atoms with Gasteiger partial charge in [-0.15, -0.1) is 0 Å². The Morgan fingerprint density at radius 3 is 2.50 bits per heavy atom. The van der Waals surface area contributed by atoms with Crippen LogP contribution in [0.4, 0.5) is 0 Å². The summed E-state index contributed by atoms with van der Waals surface area (Å²) in [5.41, 5.74) is 0.260. The predicted octanol–water partition coefficient (Wildman–Crippen LogP) is 1.56. The topological polar surface area (TPSA) is 29.1 Å². The Bertz CT molecular complexity index is 99.4. The second-order valence-corrected chi connectivity index (χ2v) is 3.41. The van der Waals surface area contributed by atoms with E-state index in [1.165, 1.54) is 6.42 Å². The minimum atomic E-state index is 0.260. The summed E-state index contributed by atoms with van der Waals surface area (Å²) in [4.78, 5) is 9.94. The Morgan fingerprint density at radius 1 is 1.50 bits per heavy atom. The zero-order chi connectivity index (χ0) is 8.04. The summed E-state index contributed by atoms with van der Waals surface area (Å²) in [5.74, 6) is 0. The highest BCUT2D eigenvalue weighted by atomic mass is 16.1. The summed E-state index contributed by atoms with van der Waals surface area (Å²) in [7, 11) is 0. The molecule has 2 nitrogen and oxygen atoms in total. The van der Waals surface area contributed by atoms with Crippen molar-refractivity contribution in [2.75, 3.05) is 6.54 Å². The summed E-state index contributed by atoms with van der Waals surface area (Å²) in [6.07, 6.45) is 3.10. The van der Waals surface area contributed by atoms with Crippen molar-refractivity contribution in [3.8, 4) is 0 Å². The van der Waals surface area contributed by atoms with Crippen LogP contribution in [-0.4, -0.2) is 13.0 Å². The Balaban J connectivity index is 3.51. The van der Waals surface area contributed by atoms with Crippen molar-refractivity contribution in [2.24, 2.45) is 5.41 Å². The second-order valence-electron chi connectivity index (χ2n) is 3.41. The van der Waals surface area contributed by atoms with E-state index in [0.717, 1.165) is 19.4 Å². The molecule has 0 unspecified atom stereocenters. The third-order valence-corrected chi connectivity index (χ3v) is 1.59. The lowest BCUT2D eigenvalue weighted by Gasteiger charge is -2.22. The van der Waals surface area contributed by atoms with E-state index in [1.807, 2.05) is 0 Å². The number of carbonyl (C=O) groups is 1. The van der Waals surface area contributed by atoms with Gasteiger partial charge in [0.2, 0.25) is 6.41 Å². The fourth-order valence-electron chi connectivity index (χ4n) is 1.08. The van der Waals surface area contributed by atoms with Crippen LogP contribution in [0.25, 0.3) is 0 Å². The van der Waals surface area contributed by atoms with Crippen LogP contribution in [0.15, 0.2) is 0 Å². The molecular formula is C8H17NO. The van der Waals surface area contributed by atoms with Crippen molar-refractivity contribution in [1.82, 2.24) is 5.32 Å². The van der Waals surface area contributed by atoms with Gasteiger partial charge in [0.25, 0.3) is 0 Å². The molecule has 0 aliphatic carbocycles. The maximum Gasteiger partial charge on any atom is 0.207 e. The summed E-state index contributed by atoms with van der Waals surface area (Å²) in [6, 6.07) is 0. The number of carbonyl (C=O) groups excluding carboxylic acids is 1. The minimum absolute atomic E-state index is 0.260. The summed E-state index contributed by atoms with van der Waals surface area (Å²) in [5, 5.41) is 2.69. The lowest BCUT2D eigenvalue weighted by Crippen LogP contribution is -2.28. The van der Waals surface area contributed by atoms with Crippen molar-refractivity contribution < 1.29 is 4.79 Å². The lowest BCUT2D eigenvalue weighted by molar-refractivity contribution is -0.109. The van der Waals surface area contributed by atoms with E-state index in [0.29, 0.717) is 0 Å². The zero-order valence-corrected chi connectivity index (χ0v) is 7.11. The van der Waals surface area contributed by atoms with E-state index < -0.39 is 0 Å². The fraction of sp³-hybridized carbons (Fsp3) is 0.875. The molecule has 0 rings (SSSR count). The van der Waals surface area contributed by atoms with Crippen molar-refractivity contribution in [3.63, 3.8) is 0 Å². The molecule has 0 aromatic rings. The van der Waals surface area contributed by atoms with Gasteiger partial charge in [-0.05, 0) is 11.8 Å². The molecule has 0 saturated carbocycles. The standard InChI is InChI=1S/C8H17NO/c1-4-5-8(2,3)6-9-7-10/h7H,4-6H2,1-3H3,(H,9,10). The van der Waals surface area contributed by atoms with Gasteiger partial charge in [-0.2, -0.15) is 0 Å². The summed E-state index contributed by atoms with van der Waals surface area (Å²) >= 11 is 0. The van der Waals surface area contributed by atoms with Gasteiger partial charge in [0.1, 0.15) is 0 Å². The quantitative estimate of drug-likeness (QED) is 0.581. The first-order valence-corrected chi connectivity index (χ1v) is 3.79. The Hall–Kier alpha value is -0.530. The van der Waals surface area contributed by atoms with Crippen molar-refractivity contribution in [2.45, 2.75) is 33.6 Å². The maximum atomic E-state index is 9.94. The number of hydrogen-bond acceptors (Lipinski definition) is 1. The molecule has 60 valence electrons. The van der Waals surface area contributed by atoms with Crippen LogP contribution in [-0.2, 0) is 4.79 Å². The van der Waals surface area contributed by atoms with Gasteiger partial charge in [-0.3, -0.25) is 4.79 Å². The Kier molecular flexibility index (Phi) is 4.08. The number of nitrogens with one attached hydrogen (secondary N) is 1. The largest absolute Gasteiger partial charge is 0.358 e. The molecule has 0 atom stereocenters. The Morgan fingerprint density at radius 2 is 2.10 bits per heavy atom. The van der Waals surface area contributed by atoms with Crippen LogP contribution in [0.1, 0.15) is 33.6 Å². The smallest absolute Gasteiger partial charge is 0.207 e. The first-order valence-electron chi connectivity index (χ1n) is 3.79. The van der Waals surface area contributed by atoms with Crippen LogP contribution in [0, 0.1) is 5.41 Å². The molecule has 0 saturated heterocycles. The molecule has 0 aliphatic rings. The normalized spacial score (nSPS) is 11.1. The molecule has 0 fully saturated rings. The third-order valence-electron chi connectivity index (χ3n) is 1.59. The molecule has 1 amide bonds. The minimum Gasteiger partial charge on any atom is -0.358 e. The highest BCUT2D eigenvalue weighted by molar-refractivity contribution is 5.45. The van der Waals surface area contributed by atoms with Gasteiger partial charge < -0.3 is 5.32 Å². The highest BCUT2D eigenvalue weighted by Crippen LogP contribution is 2.20. The lowest BCUT2D eigenvalue weighted by atomic mass is 9.88. The predicted molar refractivity (Wildman–Crippen MR) is 42.8 cm³/mol. The van der Waals surface area contributed by atoms with E-state index in [9.17, 15) is 4.79 Å². The summed E-state index contributed by atoms with van der Waals surface area (Å²) < 4.78 is 0. The zero-order valence-electron chi connectivity index (χ0n) is 7.11. The molecule has 10 heavy (non-hydrogen) atoms. The van der Waals surface area contributed by atoms with Crippen molar-refractivity contribution in [3.05, 3.63) is 0 Å². The van der Waals surface area contributed by atoms with Crippen molar-refractivity contribution in [1.29, 1.82) is 0 Å². The van der Waals surface area contributed by atoms with Gasteiger partial charge >= 0.3 is 0 Å². The van der Waals surface area contributed by atoms with Crippen LogP contribution in [0.3, 0.4) is 0 Å². The van der Waals surface area contributed by atoms with Gasteiger partial charge in [0.05, 0.1) is 0 Å². The molecule has 0 aliphatic heterocycles. The van der Waals surface area contributed by atoms with Gasteiger partial charge in [-0.25, -0.2) is 0 Å². The first-order chi connectivity index (χ1) is 4.62. The fourth-order valence-corrected chi connectivity index (χ4v) is 1.08. The van der Waals surface area contributed by atoms with Crippen LogP contribution in [0.5, 0.6) is 0 Å². The van der Waals surface area contributed by atoms with E-state index >= 15 is 0 Å². The molecule has 0 aromatic heterocycles. The number of hydrogen-bond donors (Lipinski definition) is 1. The SMILES string of the molecule is CCCC(C)(C)CNC=O. The average Bonchev–Trinajstić information content (AvgIpc) is 1.84. The van der Waals surface area contributed by atoms with Gasteiger partial charge in [0.15, 0.2) is 0 Å². The van der Waals surface area contributed by atoms with E-state index in [2.05, 4.69) is 26.1 Å². The van der Waals surface area contributed by atoms with E-state index in [4.69, 9.17) is 0 Å². The van der Waals surface area contributed by atoms with Crippen LogP contribution < -0.4 is 5.32 Å². The average molecular weight is 143 g/mol. The summed E-state index contributed by atoms with van der Waals surface area (Å²) in [6.45, 7) is 7.26. The van der Waals surface area contributed by atoms with E-state index in [-0.39, 0.29) is 5.41 Å². The van der Waals surface area contributed by atoms with Crippen LogP contribution in [0.2, 0.25) is 0 Å². The third kappa shape index (κ3) is 4.36. The maximum absolute atomic E-state index is 9.94. The molecule has 2 heteroatoms. The Labute approximate surface area is 63.0 Å². The highest BCUT2D eigenvalue weighted by Gasteiger charge is 2.14. The number of amides is 1. The van der Waals surface area contributed by atoms with Crippen LogP contribution >= 0.6 is 0 Å². The monoisotopic (exact) mass is 143 g/mol. The number of rotatable bonds is 5. The molecular weight excluding hydrogens is 126 g/mol. The molecule has 0 radical (unpaired) electrons. The molecule has 1 N–H and O–H groups in total. The van der Waals surface area contributed by atoms with Gasteiger partial charge in [0, 0.05) is 6.54 Å². The molecule has 0 heterocycles. The first kappa shape index (κ1) is 9.47. The second kappa shape index (κ2) is 4.31. The van der Waals surface area contributed by atoms with E-state index in [1.54, 1.807) is 0 Å². The molecule has 0 spiro atoms.